The lowest BCUT2D eigenvalue weighted by atomic mass is 9.91. The summed E-state index contributed by atoms with van der Waals surface area (Å²) in [5, 5.41) is 19.1. The van der Waals surface area contributed by atoms with Crippen molar-refractivity contribution in [3.05, 3.63) is 42.7 Å². The zero-order chi connectivity index (χ0) is 25.8. The summed E-state index contributed by atoms with van der Waals surface area (Å²) in [5.74, 6) is 0.882. The number of pyridine rings is 1. The summed E-state index contributed by atoms with van der Waals surface area (Å²) in [4.78, 5) is 21.4. The predicted molar refractivity (Wildman–Crippen MR) is 146 cm³/mol. The number of hydrogen-bond acceptors (Lipinski definition) is 9. The quantitative estimate of drug-likeness (QED) is 0.392. The van der Waals surface area contributed by atoms with Gasteiger partial charge in [0.25, 0.3) is 0 Å². The molecule has 7 rings (SSSR count). The molecule has 4 aromatic heterocycles. The van der Waals surface area contributed by atoms with Crippen molar-refractivity contribution < 1.29 is 9.53 Å². The van der Waals surface area contributed by atoms with E-state index >= 15 is 0 Å². The Morgan fingerprint density at radius 1 is 1.13 bits per heavy atom. The minimum Gasteiger partial charge on any atom is -0.448 e. The minimum atomic E-state index is -0.149. The van der Waals surface area contributed by atoms with Crippen molar-refractivity contribution >= 4 is 33.8 Å². The molecule has 3 fully saturated rings. The van der Waals surface area contributed by atoms with Gasteiger partial charge in [-0.1, -0.05) is 11.3 Å². The number of nitrogens with one attached hydrogen (secondary N) is 1. The van der Waals surface area contributed by atoms with Gasteiger partial charge in [-0.05, 0) is 68.9 Å². The summed E-state index contributed by atoms with van der Waals surface area (Å²) >= 11 is 1.61. The molecule has 2 aliphatic heterocycles. The first-order valence-electron chi connectivity index (χ1n) is 13.3. The van der Waals surface area contributed by atoms with Crippen LogP contribution in [-0.2, 0) is 4.74 Å². The van der Waals surface area contributed by atoms with Crippen LogP contribution in [0.1, 0.15) is 26.7 Å². The number of hydrogen-bond donors (Lipinski definition) is 1. The third-order valence-electron chi connectivity index (χ3n) is 7.88. The monoisotopic (exact) mass is 530 g/mol. The highest BCUT2D eigenvalue weighted by Crippen LogP contribution is 2.44. The molecule has 6 heterocycles. The average Bonchev–Trinajstić information content (AvgIpc) is 3.69. The fourth-order valence-corrected chi connectivity index (χ4v) is 7.21. The van der Waals surface area contributed by atoms with Crippen LogP contribution in [0.4, 0.5) is 15.6 Å². The molecule has 1 saturated carbocycles. The van der Waals surface area contributed by atoms with E-state index in [2.05, 4.69) is 45.4 Å². The summed E-state index contributed by atoms with van der Waals surface area (Å²) < 4.78 is 7.14. The van der Waals surface area contributed by atoms with E-state index in [0.717, 1.165) is 64.2 Å². The van der Waals surface area contributed by atoms with Gasteiger partial charge < -0.3 is 19.9 Å². The van der Waals surface area contributed by atoms with Crippen molar-refractivity contribution in [3.8, 4) is 22.0 Å². The number of ether oxygens (including phenoxy) is 1. The molecule has 196 valence electrons. The first-order chi connectivity index (χ1) is 18.5. The molecule has 0 radical (unpaired) electrons. The van der Waals surface area contributed by atoms with Gasteiger partial charge in [0.15, 0.2) is 5.01 Å². The lowest BCUT2D eigenvalue weighted by Gasteiger charge is -2.41. The van der Waals surface area contributed by atoms with Crippen molar-refractivity contribution in [3.63, 3.8) is 0 Å². The number of carbonyl (C=O) groups excluding carboxylic acids is 1. The van der Waals surface area contributed by atoms with E-state index in [4.69, 9.17) is 9.72 Å². The van der Waals surface area contributed by atoms with Crippen molar-refractivity contribution in [2.24, 2.45) is 11.8 Å². The smallest absolute Gasteiger partial charge is 0.410 e. The molecule has 2 saturated heterocycles. The molecule has 1 aliphatic carbocycles. The Balaban J connectivity index is 1.16. The maximum atomic E-state index is 12.2. The molecule has 0 aromatic carbocycles. The van der Waals surface area contributed by atoms with Gasteiger partial charge in [0.1, 0.15) is 6.61 Å². The molecule has 0 spiro atoms. The molecular formula is C27H30N8O2S. The summed E-state index contributed by atoms with van der Waals surface area (Å²) in [6, 6.07) is 10.7. The summed E-state index contributed by atoms with van der Waals surface area (Å²) in [6.07, 6.45) is 5.80. The van der Waals surface area contributed by atoms with Gasteiger partial charge in [-0.3, -0.25) is 4.98 Å². The van der Waals surface area contributed by atoms with Crippen LogP contribution in [0, 0.1) is 11.8 Å². The molecule has 3 aliphatic rings. The van der Waals surface area contributed by atoms with E-state index in [0.29, 0.717) is 25.0 Å². The standard InChI is InChI=1S/C27H30N8O2S/c1-16(2)30-21-12-22(23-8-7-19-4-3-9-29-35(19)23)28-13-20(21)25-31-32-26(38-25)33-14-17-5-6-18(15-33)24(17)34-10-11-37-27(34)36/h3-4,7-9,12-13,16-18,24H,5-6,10-11,14-15H2,1-2H3,(H,28,30). The molecule has 1 amide bonds. The Hall–Kier alpha value is -3.73. The van der Waals surface area contributed by atoms with E-state index < -0.39 is 0 Å². The van der Waals surface area contributed by atoms with Crippen LogP contribution in [0.2, 0.25) is 0 Å². The molecule has 10 nitrogen and oxygen atoms in total. The summed E-state index contributed by atoms with van der Waals surface area (Å²) in [5.41, 5.74) is 4.74. The van der Waals surface area contributed by atoms with E-state index in [1.807, 2.05) is 39.9 Å². The summed E-state index contributed by atoms with van der Waals surface area (Å²) in [7, 11) is 0. The Labute approximate surface area is 224 Å². The number of aromatic nitrogens is 5. The van der Waals surface area contributed by atoms with Crippen LogP contribution < -0.4 is 10.2 Å². The lowest BCUT2D eigenvalue weighted by molar-refractivity contribution is 0.122. The highest BCUT2D eigenvalue weighted by molar-refractivity contribution is 7.18. The van der Waals surface area contributed by atoms with E-state index in [1.165, 1.54) is 0 Å². The highest BCUT2D eigenvalue weighted by atomic mass is 32.1. The van der Waals surface area contributed by atoms with E-state index in [1.54, 1.807) is 17.5 Å². The van der Waals surface area contributed by atoms with Gasteiger partial charge in [-0.2, -0.15) is 5.10 Å². The van der Waals surface area contributed by atoms with Crippen LogP contribution in [0.3, 0.4) is 0 Å². The van der Waals surface area contributed by atoms with Crippen LogP contribution in [0.25, 0.3) is 27.5 Å². The Morgan fingerprint density at radius 2 is 1.97 bits per heavy atom. The third kappa shape index (κ3) is 3.96. The molecule has 2 unspecified atom stereocenters. The van der Waals surface area contributed by atoms with Gasteiger partial charge in [-0.15, -0.1) is 10.2 Å². The SMILES string of the molecule is CC(C)Nc1cc(-c2ccc3cccnn23)ncc1-c1nnc(N2CC3CCC(C2)C3N2CCOC2=O)s1. The number of cyclic esters (lactones) is 1. The third-order valence-corrected chi connectivity index (χ3v) is 8.90. The number of fused-ring (bicyclic) bond motifs is 3. The topological polar surface area (TPSA) is 101 Å². The van der Waals surface area contributed by atoms with E-state index in [9.17, 15) is 4.79 Å². The number of carbonyl (C=O) groups is 1. The minimum absolute atomic E-state index is 0.149. The van der Waals surface area contributed by atoms with Gasteiger partial charge in [0, 0.05) is 43.3 Å². The molecule has 2 bridgehead atoms. The van der Waals surface area contributed by atoms with Gasteiger partial charge >= 0.3 is 6.09 Å². The molecule has 2 atom stereocenters. The number of anilines is 2. The average molecular weight is 531 g/mol. The fraction of sp³-hybridized carbons (Fsp3) is 0.444. The lowest BCUT2D eigenvalue weighted by Crippen LogP contribution is -2.53. The van der Waals surface area contributed by atoms with Crippen LogP contribution in [0.5, 0.6) is 0 Å². The Kier molecular flexibility index (Phi) is 5.68. The van der Waals surface area contributed by atoms with Crippen molar-refractivity contribution in [2.75, 3.05) is 36.5 Å². The fourth-order valence-electron chi connectivity index (χ4n) is 6.32. The highest BCUT2D eigenvalue weighted by Gasteiger charge is 2.48. The predicted octanol–water partition coefficient (Wildman–Crippen LogP) is 4.40. The number of nitrogens with zero attached hydrogens (tertiary/aromatic N) is 7. The largest absolute Gasteiger partial charge is 0.448 e. The molecule has 1 N–H and O–H groups in total. The second-order valence-corrected chi connectivity index (χ2v) is 11.6. The van der Waals surface area contributed by atoms with Crippen molar-refractivity contribution in [2.45, 2.75) is 38.8 Å². The second kappa shape index (κ2) is 9.23. The number of rotatable bonds is 6. The van der Waals surface area contributed by atoms with Crippen LogP contribution in [-0.4, -0.2) is 74.1 Å². The van der Waals surface area contributed by atoms with Crippen molar-refractivity contribution in [1.29, 1.82) is 0 Å². The zero-order valence-corrected chi connectivity index (χ0v) is 22.3. The molecule has 11 heteroatoms. The van der Waals surface area contributed by atoms with Crippen LogP contribution >= 0.6 is 11.3 Å². The van der Waals surface area contributed by atoms with Gasteiger partial charge in [-0.25, -0.2) is 9.31 Å². The molecular weight excluding hydrogens is 500 g/mol. The van der Waals surface area contributed by atoms with E-state index in [-0.39, 0.29) is 18.2 Å². The van der Waals surface area contributed by atoms with Crippen LogP contribution in [0.15, 0.2) is 42.7 Å². The van der Waals surface area contributed by atoms with Gasteiger partial charge in [0.05, 0.1) is 29.0 Å². The molecule has 4 aromatic rings. The zero-order valence-electron chi connectivity index (χ0n) is 21.4. The first kappa shape index (κ1) is 23.4. The normalized spacial score (nSPS) is 23.0. The molecule has 38 heavy (non-hydrogen) atoms. The maximum absolute atomic E-state index is 12.2. The van der Waals surface area contributed by atoms with Crippen molar-refractivity contribution in [1.82, 2.24) is 29.7 Å². The Bertz CT molecular complexity index is 1490. The second-order valence-electron chi connectivity index (χ2n) is 10.7. The Morgan fingerprint density at radius 3 is 2.74 bits per heavy atom. The summed E-state index contributed by atoms with van der Waals surface area (Å²) in [6.45, 7) is 7.25. The number of amides is 1. The van der Waals surface area contributed by atoms with Gasteiger partial charge in [0.2, 0.25) is 5.13 Å². The number of piperidine rings is 1. The first-order valence-corrected chi connectivity index (χ1v) is 14.1. The maximum Gasteiger partial charge on any atom is 0.410 e.